The van der Waals surface area contributed by atoms with Gasteiger partial charge in [-0.25, -0.2) is 9.97 Å². The van der Waals surface area contributed by atoms with E-state index in [1.807, 2.05) is 24.3 Å². The van der Waals surface area contributed by atoms with E-state index in [1.54, 1.807) is 12.4 Å². The highest BCUT2D eigenvalue weighted by molar-refractivity contribution is 5.56. The maximum atomic E-state index is 5.88. The molecule has 0 bridgehead atoms. The summed E-state index contributed by atoms with van der Waals surface area (Å²) in [6.45, 7) is 7.19. The third-order valence-electron chi connectivity index (χ3n) is 5.90. The summed E-state index contributed by atoms with van der Waals surface area (Å²) in [7, 11) is 0. The molecular weight excluding hydrogens is 424 g/mol. The van der Waals surface area contributed by atoms with Crippen LogP contribution in [0.4, 0.5) is 0 Å². The first-order valence-electron chi connectivity index (χ1n) is 13.6. The third-order valence-corrected chi connectivity index (χ3v) is 5.90. The summed E-state index contributed by atoms with van der Waals surface area (Å²) >= 11 is 0. The fourth-order valence-electron chi connectivity index (χ4n) is 3.79. The van der Waals surface area contributed by atoms with E-state index in [0.717, 1.165) is 37.4 Å². The highest BCUT2D eigenvalue weighted by Crippen LogP contribution is 2.21. The fourth-order valence-corrected chi connectivity index (χ4v) is 3.79. The van der Waals surface area contributed by atoms with E-state index in [2.05, 4.69) is 23.8 Å². The molecule has 0 radical (unpaired) electrons. The fraction of sp³-hybridized carbons (Fsp3) is 0.655. The summed E-state index contributed by atoms with van der Waals surface area (Å²) in [5.41, 5.74) is 0.970. The SMILES string of the molecule is CCCCCCCCCCOc1ccc(-c2ncc(OCCOCCCCCCC)cn2)cc1. The Morgan fingerprint density at radius 3 is 1.68 bits per heavy atom. The molecule has 2 aromatic rings. The Labute approximate surface area is 207 Å². The lowest BCUT2D eigenvalue weighted by molar-refractivity contribution is 0.0968. The van der Waals surface area contributed by atoms with E-state index >= 15 is 0 Å². The number of rotatable bonds is 21. The molecule has 0 N–H and O–H groups in total. The van der Waals surface area contributed by atoms with Gasteiger partial charge in [0.15, 0.2) is 11.6 Å². The highest BCUT2D eigenvalue weighted by atomic mass is 16.5. The maximum absolute atomic E-state index is 5.88. The molecule has 1 aromatic carbocycles. The zero-order valence-electron chi connectivity index (χ0n) is 21.6. The van der Waals surface area contributed by atoms with Gasteiger partial charge in [-0.1, -0.05) is 84.5 Å². The quantitative estimate of drug-likeness (QED) is 0.173. The molecule has 0 atom stereocenters. The average molecular weight is 471 g/mol. The van der Waals surface area contributed by atoms with Crippen molar-refractivity contribution in [2.45, 2.75) is 97.3 Å². The van der Waals surface area contributed by atoms with Gasteiger partial charge < -0.3 is 14.2 Å². The summed E-state index contributed by atoms with van der Waals surface area (Å²) in [5, 5.41) is 0. The molecule has 1 heterocycles. The number of aromatic nitrogens is 2. The van der Waals surface area contributed by atoms with Crippen molar-refractivity contribution in [1.29, 1.82) is 0 Å². The minimum atomic E-state index is 0.516. The number of ether oxygens (including phenoxy) is 3. The number of benzene rings is 1. The van der Waals surface area contributed by atoms with Gasteiger partial charge in [0.1, 0.15) is 12.4 Å². The zero-order chi connectivity index (χ0) is 24.1. The topological polar surface area (TPSA) is 53.5 Å². The highest BCUT2D eigenvalue weighted by Gasteiger charge is 2.03. The lowest BCUT2D eigenvalue weighted by atomic mass is 10.1. The van der Waals surface area contributed by atoms with Crippen molar-refractivity contribution in [3.63, 3.8) is 0 Å². The molecule has 0 saturated carbocycles. The molecule has 5 heteroatoms. The van der Waals surface area contributed by atoms with Crippen LogP contribution < -0.4 is 9.47 Å². The lowest BCUT2D eigenvalue weighted by Crippen LogP contribution is -2.08. The Bertz CT molecular complexity index is 656. The van der Waals surface area contributed by atoms with Gasteiger partial charge in [0, 0.05) is 12.2 Å². The van der Waals surface area contributed by atoms with Gasteiger partial charge >= 0.3 is 0 Å². The molecular formula is C29H46N2O3. The van der Waals surface area contributed by atoms with Gasteiger partial charge in [0.25, 0.3) is 0 Å². The van der Waals surface area contributed by atoms with Crippen LogP contribution >= 0.6 is 0 Å². The van der Waals surface area contributed by atoms with Gasteiger partial charge in [-0.3, -0.25) is 0 Å². The van der Waals surface area contributed by atoms with Crippen LogP contribution in [0.15, 0.2) is 36.7 Å². The molecule has 34 heavy (non-hydrogen) atoms. The molecule has 0 aliphatic rings. The molecule has 0 fully saturated rings. The average Bonchev–Trinajstić information content (AvgIpc) is 2.87. The predicted octanol–water partition coefficient (Wildman–Crippen LogP) is 8.03. The van der Waals surface area contributed by atoms with Crippen LogP contribution in [0.5, 0.6) is 11.5 Å². The molecule has 190 valence electrons. The lowest BCUT2D eigenvalue weighted by Gasteiger charge is -2.08. The van der Waals surface area contributed by atoms with Gasteiger partial charge in [-0.05, 0) is 37.1 Å². The Balaban J connectivity index is 1.57. The minimum absolute atomic E-state index is 0.516. The van der Waals surface area contributed by atoms with Crippen molar-refractivity contribution >= 4 is 0 Å². The van der Waals surface area contributed by atoms with E-state index in [9.17, 15) is 0 Å². The van der Waals surface area contributed by atoms with Crippen molar-refractivity contribution in [2.75, 3.05) is 26.4 Å². The summed E-state index contributed by atoms with van der Waals surface area (Å²) in [6.07, 6.45) is 20.2. The summed E-state index contributed by atoms with van der Waals surface area (Å²) in [5.74, 6) is 2.25. The molecule has 5 nitrogen and oxygen atoms in total. The van der Waals surface area contributed by atoms with Crippen molar-refractivity contribution in [1.82, 2.24) is 9.97 Å². The Morgan fingerprint density at radius 1 is 0.529 bits per heavy atom. The Kier molecular flexibility index (Phi) is 15.9. The Morgan fingerprint density at radius 2 is 1.06 bits per heavy atom. The van der Waals surface area contributed by atoms with Crippen LogP contribution in [0.3, 0.4) is 0 Å². The van der Waals surface area contributed by atoms with Crippen molar-refractivity contribution in [3.8, 4) is 22.9 Å². The zero-order valence-corrected chi connectivity index (χ0v) is 21.6. The van der Waals surface area contributed by atoms with Crippen molar-refractivity contribution in [3.05, 3.63) is 36.7 Å². The van der Waals surface area contributed by atoms with E-state index in [-0.39, 0.29) is 0 Å². The first kappa shape index (κ1) is 28.1. The molecule has 0 amide bonds. The van der Waals surface area contributed by atoms with Crippen LogP contribution in [0.25, 0.3) is 11.4 Å². The molecule has 0 saturated heterocycles. The first-order valence-corrected chi connectivity index (χ1v) is 13.6. The largest absolute Gasteiger partial charge is 0.494 e. The monoisotopic (exact) mass is 470 g/mol. The molecule has 2 rings (SSSR count). The number of nitrogens with zero attached hydrogens (tertiary/aromatic N) is 2. The smallest absolute Gasteiger partial charge is 0.159 e. The predicted molar refractivity (Wildman–Crippen MR) is 141 cm³/mol. The standard InChI is InChI=1S/C29H46N2O3/c1-3-5-7-9-10-11-13-15-21-33-27-18-16-26(17-19-27)29-30-24-28(25-31-29)34-23-22-32-20-14-12-8-6-4-2/h16-19,24-25H,3-15,20-23H2,1-2H3. The third kappa shape index (κ3) is 12.9. The first-order chi connectivity index (χ1) is 16.8. The number of unbranched alkanes of at least 4 members (excludes halogenated alkanes) is 11. The minimum Gasteiger partial charge on any atom is -0.494 e. The summed E-state index contributed by atoms with van der Waals surface area (Å²) in [6, 6.07) is 8.00. The molecule has 1 aromatic heterocycles. The van der Waals surface area contributed by atoms with Crippen LogP contribution in [-0.2, 0) is 4.74 Å². The Hall–Kier alpha value is -2.14. The second-order valence-corrected chi connectivity index (χ2v) is 8.97. The van der Waals surface area contributed by atoms with E-state index in [1.165, 1.54) is 70.6 Å². The van der Waals surface area contributed by atoms with Gasteiger partial charge in [-0.2, -0.15) is 0 Å². The van der Waals surface area contributed by atoms with Crippen molar-refractivity contribution in [2.24, 2.45) is 0 Å². The van der Waals surface area contributed by atoms with Crippen molar-refractivity contribution < 1.29 is 14.2 Å². The van der Waals surface area contributed by atoms with Crippen LogP contribution in [-0.4, -0.2) is 36.4 Å². The van der Waals surface area contributed by atoms with Crippen LogP contribution in [0.2, 0.25) is 0 Å². The normalized spacial score (nSPS) is 11.0. The van der Waals surface area contributed by atoms with E-state index in [0.29, 0.717) is 24.8 Å². The van der Waals surface area contributed by atoms with Gasteiger partial charge in [0.2, 0.25) is 0 Å². The van der Waals surface area contributed by atoms with Gasteiger partial charge in [-0.15, -0.1) is 0 Å². The molecule has 0 unspecified atom stereocenters. The molecule has 0 aliphatic carbocycles. The number of hydrogen-bond acceptors (Lipinski definition) is 5. The summed E-state index contributed by atoms with van der Waals surface area (Å²) in [4.78, 5) is 8.88. The number of hydrogen-bond donors (Lipinski definition) is 0. The molecule has 0 spiro atoms. The molecule has 0 aliphatic heterocycles. The second-order valence-electron chi connectivity index (χ2n) is 8.97. The van der Waals surface area contributed by atoms with E-state index in [4.69, 9.17) is 14.2 Å². The van der Waals surface area contributed by atoms with Crippen LogP contribution in [0.1, 0.15) is 97.3 Å². The maximum Gasteiger partial charge on any atom is 0.159 e. The van der Waals surface area contributed by atoms with Gasteiger partial charge in [0.05, 0.1) is 25.6 Å². The second kappa shape index (κ2) is 19.2. The van der Waals surface area contributed by atoms with Crippen LogP contribution in [0, 0.1) is 0 Å². The summed E-state index contributed by atoms with van der Waals surface area (Å²) < 4.78 is 17.2. The van der Waals surface area contributed by atoms with E-state index < -0.39 is 0 Å².